The number of nitrogens with zero attached hydrogens (tertiary/aromatic N) is 1. The van der Waals surface area contributed by atoms with Gasteiger partial charge in [-0.15, -0.1) is 0 Å². The summed E-state index contributed by atoms with van der Waals surface area (Å²) in [6.45, 7) is 0. The summed E-state index contributed by atoms with van der Waals surface area (Å²) in [5, 5.41) is 13.3. The highest BCUT2D eigenvalue weighted by atomic mass is 16.3. The van der Waals surface area contributed by atoms with E-state index >= 15 is 0 Å². The van der Waals surface area contributed by atoms with Crippen molar-refractivity contribution in [2.24, 2.45) is 0 Å². The highest BCUT2D eigenvalue weighted by Crippen LogP contribution is 2.35. The van der Waals surface area contributed by atoms with Gasteiger partial charge in [0.15, 0.2) is 0 Å². The highest BCUT2D eigenvalue weighted by Gasteiger charge is 2.12. The second-order valence-electron chi connectivity index (χ2n) is 6.51. The Morgan fingerprint density at radius 2 is 1.31 bits per heavy atom. The van der Waals surface area contributed by atoms with Crippen LogP contribution in [0.25, 0.3) is 38.5 Å². The molecule has 0 bridgehead atoms. The van der Waals surface area contributed by atoms with Gasteiger partial charge in [-0.3, -0.25) is 0 Å². The fourth-order valence-corrected chi connectivity index (χ4v) is 3.59. The standard InChI is InChI=1S/C24H17NO/c26-21-12-10-20(11-13-21)25-16-23(17-6-2-1-3-7-17)22-14-18-8-4-5-9-19(18)15-24(22)25/h1-16,26H. The molecule has 0 unspecified atom stereocenters. The van der Waals surface area contributed by atoms with Crippen LogP contribution in [0.15, 0.2) is 97.2 Å². The number of aromatic nitrogens is 1. The molecule has 0 amide bonds. The Labute approximate surface area is 151 Å². The molecule has 0 saturated heterocycles. The Morgan fingerprint density at radius 1 is 0.654 bits per heavy atom. The zero-order valence-electron chi connectivity index (χ0n) is 14.1. The van der Waals surface area contributed by atoms with Gasteiger partial charge in [-0.2, -0.15) is 0 Å². The molecule has 1 heterocycles. The van der Waals surface area contributed by atoms with Crippen molar-refractivity contribution in [3.8, 4) is 22.6 Å². The fraction of sp³-hybridized carbons (Fsp3) is 0. The molecule has 0 saturated carbocycles. The Bertz CT molecular complexity index is 1220. The summed E-state index contributed by atoms with van der Waals surface area (Å²) >= 11 is 0. The minimum Gasteiger partial charge on any atom is -0.508 e. The van der Waals surface area contributed by atoms with Crippen LogP contribution in [0, 0.1) is 0 Å². The zero-order chi connectivity index (χ0) is 17.5. The number of phenolic OH excluding ortho intramolecular Hbond substituents is 1. The lowest BCUT2D eigenvalue weighted by Gasteiger charge is -2.06. The smallest absolute Gasteiger partial charge is 0.115 e. The molecule has 0 aliphatic heterocycles. The van der Waals surface area contributed by atoms with Crippen LogP contribution < -0.4 is 0 Å². The number of hydrogen-bond acceptors (Lipinski definition) is 1. The lowest BCUT2D eigenvalue weighted by Crippen LogP contribution is -1.91. The van der Waals surface area contributed by atoms with Crippen molar-refractivity contribution in [1.82, 2.24) is 4.57 Å². The maximum Gasteiger partial charge on any atom is 0.115 e. The van der Waals surface area contributed by atoms with Gasteiger partial charge in [-0.1, -0.05) is 54.6 Å². The Kier molecular flexibility index (Phi) is 3.29. The van der Waals surface area contributed by atoms with Gasteiger partial charge in [0, 0.05) is 22.8 Å². The molecule has 0 aliphatic carbocycles. The van der Waals surface area contributed by atoms with Gasteiger partial charge in [0.2, 0.25) is 0 Å². The molecule has 2 heteroatoms. The number of phenols is 1. The third kappa shape index (κ3) is 2.35. The topological polar surface area (TPSA) is 25.2 Å². The first kappa shape index (κ1) is 14.8. The lowest BCUT2D eigenvalue weighted by atomic mass is 10.0. The summed E-state index contributed by atoms with van der Waals surface area (Å²) in [6, 6.07) is 30.8. The summed E-state index contributed by atoms with van der Waals surface area (Å²) in [6.07, 6.45) is 2.19. The predicted octanol–water partition coefficient (Wildman–Crippen LogP) is 6.16. The minimum atomic E-state index is 0.277. The summed E-state index contributed by atoms with van der Waals surface area (Å²) < 4.78 is 2.20. The molecular formula is C24H17NO. The van der Waals surface area contributed by atoms with Crippen molar-refractivity contribution >= 4 is 21.7 Å². The molecule has 0 fully saturated rings. The van der Waals surface area contributed by atoms with Crippen LogP contribution in [0.5, 0.6) is 5.75 Å². The van der Waals surface area contributed by atoms with Gasteiger partial charge in [-0.05, 0) is 52.7 Å². The van der Waals surface area contributed by atoms with E-state index in [1.165, 1.54) is 27.3 Å². The summed E-state index contributed by atoms with van der Waals surface area (Å²) in [4.78, 5) is 0. The van der Waals surface area contributed by atoms with Crippen molar-refractivity contribution in [1.29, 1.82) is 0 Å². The van der Waals surface area contributed by atoms with E-state index in [-0.39, 0.29) is 5.75 Å². The first-order valence-corrected chi connectivity index (χ1v) is 8.68. The van der Waals surface area contributed by atoms with E-state index in [9.17, 15) is 5.11 Å². The van der Waals surface area contributed by atoms with Gasteiger partial charge >= 0.3 is 0 Å². The number of aromatic hydroxyl groups is 1. The first-order chi connectivity index (χ1) is 12.8. The maximum absolute atomic E-state index is 9.63. The Hall–Kier alpha value is -3.52. The Morgan fingerprint density at radius 3 is 2.04 bits per heavy atom. The van der Waals surface area contributed by atoms with E-state index in [0.29, 0.717) is 0 Å². The van der Waals surface area contributed by atoms with Crippen molar-refractivity contribution in [3.63, 3.8) is 0 Å². The number of fused-ring (bicyclic) bond motifs is 2. The zero-order valence-corrected chi connectivity index (χ0v) is 14.1. The van der Waals surface area contributed by atoms with E-state index in [4.69, 9.17) is 0 Å². The molecular weight excluding hydrogens is 318 g/mol. The van der Waals surface area contributed by atoms with E-state index in [2.05, 4.69) is 71.4 Å². The molecule has 0 radical (unpaired) electrons. The van der Waals surface area contributed by atoms with Crippen molar-refractivity contribution < 1.29 is 5.11 Å². The van der Waals surface area contributed by atoms with Crippen molar-refractivity contribution in [3.05, 3.63) is 97.2 Å². The predicted molar refractivity (Wildman–Crippen MR) is 108 cm³/mol. The second-order valence-corrected chi connectivity index (χ2v) is 6.51. The van der Waals surface area contributed by atoms with E-state index in [0.717, 1.165) is 11.2 Å². The van der Waals surface area contributed by atoms with Gasteiger partial charge in [0.05, 0.1) is 5.52 Å². The molecule has 0 aliphatic rings. The van der Waals surface area contributed by atoms with Crippen LogP contribution in [0.2, 0.25) is 0 Å². The van der Waals surface area contributed by atoms with Gasteiger partial charge < -0.3 is 9.67 Å². The van der Waals surface area contributed by atoms with Crippen LogP contribution in [0.4, 0.5) is 0 Å². The van der Waals surface area contributed by atoms with Gasteiger partial charge in [0.1, 0.15) is 5.75 Å². The Balaban J connectivity index is 1.87. The molecule has 0 atom stereocenters. The quantitative estimate of drug-likeness (QED) is 0.411. The van der Waals surface area contributed by atoms with E-state index in [1.807, 2.05) is 18.2 Å². The number of benzene rings is 4. The summed E-state index contributed by atoms with van der Waals surface area (Å²) in [7, 11) is 0. The monoisotopic (exact) mass is 335 g/mol. The van der Waals surface area contributed by atoms with Crippen LogP contribution in [0.1, 0.15) is 0 Å². The number of rotatable bonds is 2. The third-order valence-corrected chi connectivity index (χ3v) is 4.88. The summed E-state index contributed by atoms with van der Waals surface area (Å²) in [5.41, 5.74) is 4.60. The molecule has 5 aromatic rings. The van der Waals surface area contributed by atoms with Crippen LogP contribution in [-0.4, -0.2) is 9.67 Å². The maximum atomic E-state index is 9.63. The fourth-order valence-electron chi connectivity index (χ4n) is 3.59. The largest absolute Gasteiger partial charge is 0.508 e. The molecule has 5 rings (SSSR count). The summed E-state index contributed by atoms with van der Waals surface area (Å²) in [5.74, 6) is 0.277. The van der Waals surface area contributed by atoms with E-state index in [1.54, 1.807) is 12.1 Å². The highest BCUT2D eigenvalue weighted by molar-refractivity contribution is 6.05. The van der Waals surface area contributed by atoms with Crippen molar-refractivity contribution in [2.75, 3.05) is 0 Å². The molecule has 2 nitrogen and oxygen atoms in total. The van der Waals surface area contributed by atoms with Crippen LogP contribution >= 0.6 is 0 Å². The average Bonchev–Trinajstić information content (AvgIpc) is 3.06. The van der Waals surface area contributed by atoms with Crippen LogP contribution in [0.3, 0.4) is 0 Å². The third-order valence-electron chi connectivity index (χ3n) is 4.88. The average molecular weight is 335 g/mol. The molecule has 0 spiro atoms. The minimum absolute atomic E-state index is 0.277. The molecule has 1 aromatic heterocycles. The molecule has 124 valence electrons. The lowest BCUT2D eigenvalue weighted by molar-refractivity contribution is 0.475. The first-order valence-electron chi connectivity index (χ1n) is 8.68. The SMILES string of the molecule is Oc1ccc(-n2cc(-c3ccccc3)c3cc4ccccc4cc32)cc1. The molecule has 1 N–H and O–H groups in total. The van der Waals surface area contributed by atoms with E-state index < -0.39 is 0 Å². The van der Waals surface area contributed by atoms with Crippen LogP contribution in [-0.2, 0) is 0 Å². The van der Waals surface area contributed by atoms with Gasteiger partial charge in [-0.25, -0.2) is 0 Å². The number of hydrogen-bond donors (Lipinski definition) is 1. The normalized spacial score (nSPS) is 11.2. The molecule has 26 heavy (non-hydrogen) atoms. The second kappa shape index (κ2) is 5.78. The van der Waals surface area contributed by atoms with Crippen molar-refractivity contribution in [2.45, 2.75) is 0 Å². The van der Waals surface area contributed by atoms with Gasteiger partial charge in [0.25, 0.3) is 0 Å². The molecule has 4 aromatic carbocycles.